The zero-order chi connectivity index (χ0) is 17.6. The second kappa shape index (κ2) is 8.79. The zero-order valence-corrected chi connectivity index (χ0v) is 15.2. The lowest BCUT2D eigenvalue weighted by Gasteiger charge is -2.37. The summed E-state index contributed by atoms with van der Waals surface area (Å²) in [5.41, 5.74) is 7.27. The van der Waals surface area contributed by atoms with Crippen molar-refractivity contribution in [2.24, 2.45) is 11.7 Å². The first-order valence-electron chi connectivity index (χ1n) is 9.59. The highest BCUT2D eigenvalue weighted by molar-refractivity contribution is 5.79. The summed E-state index contributed by atoms with van der Waals surface area (Å²) in [6.07, 6.45) is 3.62. The van der Waals surface area contributed by atoms with Gasteiger partial charge in [-0.3, -0.25) is 9.69 Å². The van der Waals surface area contributed by atoms with Crippen LogP contribution in [0.1, 0.15) is 38.2 Å². The van der Waals surface area contributed by atoms with Gasteiger partial charge in [0, 0.05) is 31.6 Å². The number of rotatable bonds is 6. The van der Waals surface area contributed by atoms with Crippen LogP contribution in [0.15, 0.2) is 30.3 Å². The Morgan fingerprint density at radius 3 is 2.84 bits per heavy atom. The van der Waals surface area contributed by atoms with E-state index in [1.54, 1.807) is 0 Å². The van der Waals surface area contributed by atoms with Crippen molar-refractivity contribution < 1.29 is 9.53 Å². The number of benzene rings is 1. The van der Waals surface area contributed by atoms with E-state index in [-0.39, 0.29) is 30.0 Å². The molecule has 1 aliphatic heterocycles. The van der Waals surface area contributed by atoms with E-state index in [0.717, 1.165) is 51.9 Å². The molecule has 0 bridgehead atoms. The molecule has 1 aromatic rings. The molecule has 3 rings (SSSR count). The molecule has 0 radical (unpaired) electrons. The Labute approximate surface area is 150 Å². The third kappa shape index (κ3) is 5.03. The van der Waals surface area contributed by atoms with Crippen molar-refractivity contribution in [2.45, 2.75) is 57.3 Å². The normalized spacial score (nSPS) is 28.6. The highest BCUT2D eigenvalue weighted by atomic mass is 16.5. The smallest absolute Gasteiger partial charge is 0.223 e. The molecule has 1 aliphatic carbocycles. The van der Waals surface area contributed by atoms with Gasteiger partial charge in [0.15, 0.2) is 0 Å². The summed E-state index contributed by atoms with van der Waals surface area (Å²) in [5, 5.41) is 3.24. The Balaban J connectivity index is 1.54. The predicted molar refractivity (Wildman–Crippen MR) is 99.0 cm³/mol. The van der Waals surface area contributed by atoms with Crippen LogP contribution in [0.25, 0.3) is 0 Å². The van der Waals surface area contributed by atoms with Gasteiger partial charge in [0.05, 0.1) is 18.8 Å². The van der Waals surface area contributed by atoms with E-state index in [1.807, 2.05) is 6.07 Å². The van der Waals surface area contributed by atoms with Crippen LogP contribution in [0.3, 0.4) is 0 Å². The highest BCUT2D eigenvalue weighted by Crippen LogP contribution is 2.25. The van der Waals surface area contributed by atoms with E-state index in [0.29, 0.717) is 0 Å². The van der Waals surface area contributed by atoms with Crippen LogP contribution < -0.4 is 11.1 Å². The highest BCUT2D eigenvalue weighted by Gasteiger charge is 2.32. The minimum absolute atomic E-state index is 0.0569. The van der Waals surface area contributed by atoms with Crippen LogP contribution in [0, 0.1) is 5.92 Å². The molecule has 2 fully saturated rings. The van der Waals surface area contributed by atoms with Gasteiger partial charge in [0.25, 0.3) is 0 Å². The predicted octanol–water partition coefficient (Wildman–Crippen LogP) is 1.91. The van der Waals surface area contributed by atoms with Crippen LogP contribution in [-0.2, 0) is 16.1 Å². The summed E-state index contributed by atoms with van der Waals surface area (Å²) >= 11 is 0. The van der Waals surface area contributed by atoms with Gasteiger partial charge >= 0.3 is 0 Å². The molecule has 5 heteroatoms. The first kappa shape index (κ1) is 18.4. The van der Waals surface area contributed by atoms with Gasteiger partial charge in [-0.2, -0.15) is 0 Å². The van der Waals surface area contributed by atoms with Gasteiger partial charge in [-0.1, -0.05) is 37.3 Å². The number of nitrogens with two attached hydrogens (primary N) is 1. The first-order valence-corrected chi connectivity index (χ1v) is 9.59. The molecule has 1 saturated carbocycles. The lowest BCUT2D eigenvalue weighted by atomic mass is 10.0. The standard InChI is InChI=1S/C20H31N3O2/c1-2-18(22-20(24)16-8-9-17(21)12-16)19-14-23(10-11-25-19)13-15-6-4-3-5-7-15/h3-7,16-19H,2,8-14,21H2,1H3,(H,22,24). The van der Waals surface area contributed by atoms with E-state index in [4.69, 9.17) is 10.5 Å². The lowest BCUT2D eigenvalue weighted by molar-refractivity contribution is -0.128. The number of nitrogens with one attached hydrogen (secondary N) is 1. The van der Waals surface area contributed by atoms with Crippen molar-refractivity contribution in [3.8, 4) is 0 Å². The molecular weight excluding hydrogens is 314 g/mol. The van der Waals surface area contributed by atoms with Crippen molar-refractivity contribution in [2.75, 3.05) is 19.7 Å². The number of amides is 1. The van der Waals surface area contributed by atoms with Crippen LogP contribution in [0.5, 0.6) is 0 Å². The van der Waals surface area contributed by atoms with Crippen LogP contribution in [-0.4, -0.2) is 48.7 Å². The summed E-state index contributed by atoms with van der Waals surface area (Å²) in [6.45, 7) is 5.57. The van der Waals surface area contributed by atoms with Gasteiger partial charge in [0.2, 0.25) is 5.91 Å². The Bertz CT molecular complexity index is 551. The molecule has 2 aliphatic rings. The van der Waals surface area contributed by atoms with Crippen molar-refractivity contribution in [1.29, 1.82) is 0 Å². The van der Waals surface area contributed by atoms with Gasteiger partial charge < -0.3 is 15.8 Å². The molecule has 138 valence electrons. The maximum atomic E-state index is 12.5. The largest absolute Gasteiger partial charge is 0.373 e. The number of carbonyl (C=O) groups is 1. The molecule has 1 heterocycles. The summed E-state index contributed by atoms with van der Waals surface area (Å²) < 4.78 is 6.00. The van der Waals surface area contributed by atoms with Gasteiger partial charge in [-0.05, 0) is 31.2 Å². The second-order valence-corrected chi connectivity index (χ2v) is 7.42. The first-order chi connectivity index (χ1) is 12.2. The van der Waals surface area contributed by atoms with E-state index < -0.39 is 0 Å². The number of carbonyl (C=O) groups excluding carboxylic acids is 1. The van der Waals surface area contributed by atoms with Crippen molar-refractivity contribution in [1.82, 2.24) is 10.2 Å². The molecule has 0 spiro atoms. The van der Waals surface area contributed by atoms with Gasteiger partial charge in [-0.15, -0.1) is 0 Å². The Morgan fingerprint density at radius 1 is 1.36 bits per heavy atom. The molecule has 3 N–H and O–H groups in total. The topological polar surface area (TPSA) is 67.6 Å². The Kier molecular flexibility index (Phi) is 6.45. The van der Waals surface area contributed by atoms with E-state index >= 15 is 0 Å². The van der Waals surface area contributed by atoms with Crippen LogP contribution in [0.2, 0.25) is 0 Å². The van der Waals surface area contributed by atoms with Gasteiger partial charge in [-0.25, -0.2) is 0 Å². The zero-order valence-electron chi connectivity index (χ0n) is 15.2. The number of nitrogens with zero attached hydrogens (tertiary/aromatic N) is 1. The third-order valence-corrected chi connectivity index (χ3v) is 5.49. The van der Waals surface area contributed by atoms with E-state index in [2.05, 4.69) is 41.4 Å². The monoisotopic (exact) mass is 345 g/mol. The minimum Gasteiger partial charge on any atom is -0.373 e. The van der Waals surface area contributed by atoms with E-state index in [9.17, 15) is 4.79 Å². The molecule has 1 aromatic carbocycles. The minimum atomic E-state index is 0.0569. The third-order valence-electron chi connectivity index (χ3n) is 5.49. The molecule has 4 atom stereocenters. The summed E-state index contributed by atoms with van der Waals surface area (Å²) in [6, 6.07) is 10.8. The Morgan fingerprint density at radius 2 is 2.16 bits per heavy atom. The molecule has 5 nitrogen and oxygen atoms in total. The SMILES string of the molecule is CCC(NC(=O)C1CCC(N)C1)C1CN(Cc2ccccc2)CCO1. The summed E-state index contributed by atoms with van der Waals surface area (Å²) in [4.78, 5) is 15.0. The fourth-order valence-electron chi connectivity index (χ4n) is 3.97. The molecular formula is C20H31N3O2. The van der Waals surface area contributed by atoms with E-state index in [1.165, 1.54) is 5.56 Å². The lowest BCUT2D eigenvalue weighted by Crippen LogP contribution is -2.53. The average Bonchev–Trinajstić information content (AvgIpc) is 3.07. The number of hydrogen-bond donors (Lipinski definition) is 2. The second-order valence-electron chi connectivity index (χ2n) is 7.42. The summed E-state index contributed by atoms with van der Waals surface area (Å²) in [5.74, 6) is 0.233. The molecule has 0 aromatic heterocycles. The van der Waals surface area contributed by atoms with Crippen molar-refractivity contribution in [3.05, 3.63) is 35.9 Å². The average molecular weight is 345 g/mol. The Hall–Kier alpha value is -1.43. The quantitative estimate of drug-likeness (QED) is 0.826. The van der Waals surface area contributed by atoms with Gasteiger partial charge in [0.1, 0.15) is 0 Å². The van der Waals surface area contributed by atoms with Crippen molar-refractivity contribution >= 4 is 5.91 Å². The summed E-state index contributed by atoms with van der Waals surface area (Å²) in [7, 11) is 0. The maximum Gasteiger partial charge on any atom is 0.223 e. The number of hydrogen-bond acceptors (Lipinski definition) is 4. The van der Waals surface area contributed by atoms with Crippen LogP contribution >= 0.6 is 0 Å². The number of morpholine rings is 1. The van der Waals surface area contributed by atoms with Crippen LogP contribution in [0.4, 0.5) is 0 Å². The fraction of sp³-hybridized carbons (Fsp3) is 0.650. The molecule has 1 saturated heterocycles. The fourth-order valence-corrected chi connectivity index (χ4v) is 3.97. The molecule has 4 unspecified atom stereocenters. The molecule has 25 heavy (non-hydrogen) atoms. The molecule has 1 amide bonds. The maximum absolute atomic E-state index is 12.5. The number of ether oxygens (including phenoxy) is 1. The van der Waals surface area contributed by atoms with Crippen molar-refractivity contribution in [3.63, 3.8) is 0 Å².